The van der Waals surface area contributed by atoms with E-state index in [9.17, 15) is 4.79 Å². The molecule has 0 unspecified atom stereocenters. The van der Waals surface area contributed by atoms with E-state index in [1.54, 1.807) is 6.07 Å². The molecule has 1 saturated carbocycles. The van der Waals surface area contributed by atoms with E-state index in [1.807, 2.05) is 25.1 Å². The van der Waals surface area contributed by atoms with Gasteiger partial charge in [0.2, 0.25) is 0 Å². The minimum Gasteiger partial charge on any atom is -0.322 e. The Kier molecular flexibility index (Phi) is 3.54. The number of nitrogens with one attached hydrogen (secondary N) is 2. The number of anilines is 1. The third kappa shape index (κ3) is 2.59. The first-order chi connectivity index (χ1) is 9.74. The van der Waals surface area contributed by atoms with Crippen LogP contribution in [0.5, 0.6) is 0 Å². The molecule has 1 aliphatic rings. The molecule has 1 heterocycles. The van der Waals surface area contributed by atoms with Crippen LogP contribution in [0.1, 0.15) is 37.7 Å². The zero-order valence-electron chi connectivity index (χ0n) is 11.7. The number of fused-ring (bicyclic) bond motifs is 1. The number of hydrogen-bond donors (Lipinski definition) is 2. The van der Waals surface area contributed by atoms with Crippen LogP contribution in [0, 0.1) is 6.92 Å². The quantitative estimate of drug-likeness (QED) is 0.819. The molecule has 0 bridgehead atoms. The van der Waals surface area contributed by atoms with Gasteiger partial charge in [-0.05, 0) is 38.2 Å². The summed E-state index contributed by atoms with van der Waals surface area (Å²) in [6.07, 6.45) is 5.86. The molecule has 1 aliphatic carbocycles. The molecule has 4 nitrogen and oxygen atoms in total. The number of aromatic amines is 1. The predicted octanol–water partition coefficient (Wildman–Crippen LogP) is 3.57. The van der Waals surface area contributed by atoms with Crippen LogP contribution >= 0.6 is 0 Å². The van der Waals surface area contributed by atoms with Crippen molar-refractivity contribution >= 4 is 22.3 Å². The van der Waals surface area contributed by atoms with Crippen molar-refractivity contribution < 1.29 is 0 Å². The van der Waals surface area contributed by atoms with Crippen LogP contribution in [-0.4, -0.2) is 10.7 Å². The standard InChI is InChI=1S/C16H19N3O/c1-11-6-5-9-13-14(10-15(20)17-16(11)13)19-18-12-7-3-2-4-8-12/h5-6,9-10H,2-4,7-8H2,1H3,(H2,17,19,20). The Bertz CT molecular complexity index is 707. The summed E-state index contributed by atoms with van der Waals surface area (Å²) in [6.45, 7) is 2.00. The minimum absolute atomic E-state index is 0.0989. The Balaban J connectivity index is 1.98. The second-order valence-corrected chi connectivity index (χ2v) is 5.40. The van der Waals surface area contributed by atoms with Crippen molar-refractivity contribution in [1.29, 1.82) is 0 Å². The van der Waals surface area contributed by atoms with Gasteiger partial charge in [0.15, 0.2) is 0 Å². The van der Waals surface area contributed by atoms with E-state index < -0.39 is 0 Å². The molecular weight excluding hydrogens is 250 g/mol. The Hall–Kier alpha value is -2.10. The van der Waals surface area contributed by atoms with Crippen molar-refractivity contribution in [2.45, 2.75) is 39.0 Å². The highest BCUT2D eigenvalue weighted by atomic mass is 16.1. The largest absolute Gasteiger partial charge is 0.322 e. The first-order valence-electron chi connectivity index (χ1n) is 7.18. The van der Waals surface area contributed by atoms with Crippen LogP contribution in [0.15, 0.2) is 34.2 Å². The summed E-state index contributed by atoms with van der Waals surface area (Å²) in [5.74, 6) is 0. The average molecular weight is 269 g/mol. The number of pyridine rings is 1. The number of aryl methyl sites for hydroxylation is 1. The Morgan fingerprint density at radius 1 is 1.20 bits per heavy atom. The summed E-state index contributed by atoms with van der Waals surface area (Å²) in [7, 11) is 0. The smallest absolute Gasteiger partial charge is 0.250 e. The highest BCUT2D eigenvalue weighted by Gasteiger charge is 2.08. The topological polar surface area (TPSA) is 57.2 Å². The summed E-state index contributed by atoms with van der Waals surface area (Å²) in [6, 6.07) is 7.57. The van der Waals surface area contributed by atoms with Crippen LogP contribution in [-0.2, 0) is 0 Å². The molecular formula is C16H19N3O. The summed E-state index contributed by atoms with van der Waals surface area (Å²) < 4.78 is 0. The van der Waals surface area contributed by atoms with Crippen molar-refractivity contribution in [2.75, 3.05) is 5.43 Å². The highest BCUT2D eigenvalue weighted by Crippen LogP contribution is 2.23. The third-order valence-electron chi connectivity index (χ3n) is 3.85. The lowest BCUT2D eigenvalue weighted by molar-refractivity contribution is 0.665. The van der Waals surface area contributed by atoms with Crippen molar-refractivity contribution in [1.82, 2.24) is 4.98 Å². The highest BCUT2D eigenvalue weighted by molar-refractivity contribution is 5.93. The molecule has 0 spiro atoms. The first kappa shape index (κ1) is 12.9. The van der Waals surface area contributed by atoms with Gasteiger partial charge in [-0.3, -0.25) is 10.2 Å². The van der Waals surface area contributed by atoms with E-state index in [0.29, 0.717) is 0 Å². The molecule has 3 rings (SSSR count). The molecule has 20 heavy (non-hydrogen) atoms. The van der Waals surface area contributed by atoms with E-state index in [2.05, 4.69) is 15.5 Å². The van der Waals surface area contributed by atoms with Crippen LogP contribution in [0.4, 0.5) is 5.69 Å². The lowest BCUT2D eigenvalue weighted by Crippen LogP contribution is -2.10. The fourth-order valence-corrected chi connectivity index (χ4v) is 2.73. The van der Waals surface area contributed by atoms with Gasteiger partial charge in [0, 0.05) is 17.2 Å². The van der Waals surface area contributed by atoms with Gasteiger partial charge < -0.3 is 4.98 Å². The maximum atomic E-state index is 11.8. The number of hydrogen-bond acceptors (Lipinski definition) is 3. The third-order valence-corrected chi connectivity index (χ3v) is 3.85. The molecule has 4 heteroatoms. The van der Waals surface area contributed by atoms with E-state index >= 15 is 0 Å². The van der Waals surface area contributed by atoms with Crippen molar-refractivity contribution in [3.05, 3.63) is 40.2 Å². The van der Waals surface area contributed by atoms with Crippen LogP contribution in [0.25, 0.3) is 10.9 Å². The number of aromatic nitrogens is 1. The Labute approximate surface area is 117 Å². The fourth-order valence-electron chi connectivity index (χ4n) is 2.73. The summed E-state index contributed by atoms with van der Waals surface area (Å²) in [5, 5.41) is 5.49. The van der Waals surface area contributed by atoms with Gasteiger partial charge in [0.25, 0.3) is 5.56 Å². The van der Waals surface area contributed by atoms with Gasteiger partial charge in [-0.1, -0.05) is 24.6 Å². The van der Waals surface area contributed by atoms with Crippen LogP contribution < -0.4 is 11.0 Å². The SMILES string of the molecule is Cc1cccc2c(NN=C3CCCCC3)cc(=O)[nH]c12. The molecule has 0 saturated heterocycles. The second-order valence-electron chi connectivity index (χ2n) is 5.40. The lowest BCUT2D eigenvalue weighted by atomic mass is 9.99. The monoisotopic (exact) mass is 269 g/mol. The van der Waals surface area contributed by atoms with Crippen LogP contribution in [0.3, 0.4) is 0 Å². The van der Waals surface area contributed by atoms with Gasteiger partial charge in [-0.15, -0.1) is 0 Å². The number of hydrazone groups is 1. The summed E-state index contributed by atoms with van der Waals surface area (Å²) >= 11 is 0. The molecule has 0 atom stereocenters. The second kappa shape index (κ2) is 5.49. The van der Waals surface area contributed by atoms with Crippen molar-refractivity contribution in [3.63, 3.8) is 0 Å². The number of H-pyrrole nitrogens is 1. The van der Waals surface area contributed by atoms with Gasteiger partial charge in [0.05, 0.1) is 11.2 Å². The molecule has 2 N–H and O–H groups in total. The van der Waals surface area contributed by atoms with Gasteiger partial charge >= 0.3 is 0 Å². The number of nitrogens with zero attached hydrogens (tertiary/aromatic N) is 1. The number of benzene rings is 1. The molecule has 0 amide bonds. The maximum absolute atomic E-state index is 11.8. The number of rotatable bonds is 2. The Morgan fingerprint density at radius 3 is 2.80 bits per heavy atom. The predicted molar refractivity (Wildman–Crippen MR) is 83.4 cm³/mol. The Morgan fingerprint density at radius 2 is 2.00 bits per heavy atom. The maximum Gasteiger partial charge on any atom is 0.250 e. The van der Waals surface area contributed by atoms with E-state index in [0.717, 1.165) is 35.0 Å². The zero-order valence-corrected chi connectivity index (χ0v) is 11.7. The van der Waals surface area contributed by atoms with Crippen molar-refractivity contribution in [3.8, 4) is 0 Å². The average Bonchev–Trinajstić information content (AvgIpc) is 2.47. The number of para-hydroxylation sites is 1. The molecule has 2 aromatic rings. The zero-order chi connectivity index (χ0) is 13.9. The van der Waals surface area contributed by atoms with E-state index in [1.165, 1.54) is 25.0 Å². The fraction of sp³-hybridized carbons (Fsp3) is 0.375. The first-order valence-corrected chi connectivity index (χ1v) is 7.18. The van der Waals surface area contributed by atoms with Crippen LogP contribution in [0.2, 0.25) is 0 Å². The summed E-state index contributed by atoms with van der Waals surface area (Å²) in [4.78, 5) is 14.7. The molecule has 1 aromatic carbocycles. The normalized spacial score (nSPS) is 15.3. The lowest BCUT2D eigenvalue weighted by Gasteiger charge is -2.13. The molecule has 1 fully saturated rings. The van der Waals surface area contributed by atoms with E-state index in [-0.39, 0.29) is 5.56 Å². The van der Waals surface area contributed by atoms with Gasteiger partial charge in [-0.2, -0.15) is 5.10 Å². The van der Waals surface area contributed by atoms with Crippen molar-refractivity contribution in [2.24, 2.45) is 5.10 Å². The summed E-state index contributed by atoms with van der Waals surface area (Å²) in [5.41, 5.74) is 6.93. The van der Waals surface area contributed by atoms with Gasteiger partial charge in [0.1, 0.15) is 0 Å². The minimum atomic E-state index is -0.0989. The molecule has 1 aromatic heterocycles. The molecule has 0 radical (unpaired) electrons. The van der Waals surface area contributed by atoms with Gasteiger partial charge in [-0.25, -0.2) is 0 Å². The molecule has 104 valence electrons. The molecule has 0 aliphatic heterocycles. The van der Waals surface area contributed by atoms with E-state index in [4.69, 9.17) is 0 Å².